The molecule has 0 atom stereocenters. The summed E-state index contributed by atoms with van der Waals surface area (Å²) < 4.78 is 25.7. The number of likely N-dealkylation sites (tertiary alicyclic amines) is 1. The van der Waals surface area contributed by atoms with Gasteiger partial charge in [0.25, 0.3) is 0 Å². The number of hydrogen-bond acceptors (Lipinski definition) is 4. The number of hydrogen-bond donors (Lipinski definition) is 1. The Balaban J connectivity index is 1.81. The number of nitrogens with zero attached hydrogens (tertiary/aromatic N) is 2. The lowest BCUT2D eigenvalue weighted by Crippen LogP contribution is -2.38. The van der Waals surface area contributed by atoms with E-state index in [2.05, 4.69) is 10.2 Å². The van der Waals surface area contributed by atoms with E-state index in [4.69, 9.17) is 11.6 Å². The van der Waals surface area contributed by atoms with Crippen molar-refractivity contribution < 1.29 is 13.2 Å². The minimum absolute atomic E-state index is 0.0386. The third-order valence-corrected chi connectivity index (χ3v) is 6.22. The maximum atomic E-state index is 12.2. The van der Waals surface area contributed by atoms with Crippen molar-refractivity contribution in [3.05, 3.63) is 28.8 Å². The van der Waals surface area contributed by atoms with E-state index in [1.807, 2.05) is 6.92 Å². The first-order valence-electron chi connectivity index (χ1n) is 9.50. The summed E-state index contributed by atoms with van der Waals surface area (Å²) in [6.07, 6.45) is 5.69. The van der Waals surface area contributed by atoms with Crippen molar-refractivity contribution in [1.82, 2.24) is 10.2 Å². The van der Waals surface area contributed by atoms with Gasteiger partial charge < -0.3 is 10.2 Å². The number of nitrogens with one attached hydrogen (secondary N) is 1. The summed E-state index contributed by atoms with van der Waals surface area (Å²) in [6.45, 7) is 5.83. The first kappa shape index (κ1) is 22.0. The van der Waals surface area contributed by atoms with Gasteiger partial charge in [-0.05, 0) is 57.0 Å². The Bertz CT molecular complexity index is 734. The summed E-state index contributed by atoms with van der Waals surface area (Å²) in [5, 5.41) is 3.42. The maximum absolute atomic E-state index is 12.2. The Hall–Kier alpha value is -1.31. The molecule has 1 aromatic carbocycles. The molecule has 1 aromatic rings. The van der Waals surface area contributed by atoms with Crippen LogP contribution in [0.2, 0.25) is 5.02 Å². The van der Waals surface area contributed by atoms with Crippen LogP contribution >= 0.6 is 11.6 Å². The fraction of sp³-hybridized carbons (Fsp3) is 0.632. The van der Waals surface area contributed by atoms with Gasteiger partial charge in [0.1, 0.15) is 0 Å². The highest BCUT2D eigenvalue weighted by atomic mass is 35.5. The second kappa shape index (κ2) is 10.3. The lowest BCUT2D eigenvalue weighted by molar-refractivity contribution is -0.121. The van der Waals surface area contributed by atoms with Crippen molar-refractivity contribution >= 4 is 33.2 Å². The van der Waals surface area contributed by atoms with Gasteiger partial charge in [-0.2, -0.15) is 0 Å². The zero-order chi connectivity index (χ0) is 19.9. The van der Waals surface area contributed by atoms with E-state index < -0.39 is 10.0 Å². The summed E-state index contributed by atoms with van der Waals surface area (Å²) in [5.74, 6) is -0.0386. The molecule has 2 rings (SSSR count). The number of sulfonamides is 1. The molecule has 0 aliphatic carbocycles. The molecule has 0 unspecified atom stereocenters. The minimum Gasteiger partial charge on any atom is -0.355 e. The molecule has 0 saturated carbocycles. The Morgan fingerprint density at radius 3 is 2.63 bits per heavy atom. The molecule has 1 aliphatic heterocycles. The molecule has 1 saturated heterocycles. The summed E-state index contributed by atoms with van der Waals surface area (Å²) in [6, 6.07) is 5.18. The fourth-order valence-corrected chi connectivity index (χ4v) is 4.51. The first-order chi connectivity index (χ1) is 12.8. The van der Waals surface area contributed by atoms with Crippen molar-refractivity contribution in [3.63, 3.8) is 0 Å². The molecule has 152 valence electrons. The highest BCUT2D eigenvalue weighted by Gasteiger charge is 2.19. The smallest absolute Gasteiger partial charge is 0.232 e. The zero-order valence-corrected chi connectivity index (χ0v) is 17.8. The van der Waals surface area contributed by atoms with E-state index in [1.165, 1.54) is 29.8 Å². The number of halogens is 1. The highest BCUT2D eigenvalue weighted by molar-refractivity contribution is 7.92. The average molecular weight is 416 g/mol. The topological polar surface area (TPSA) is 69.7 Å². The lowest BCUT2D eigenvalue weighted by atomic mass is 10.1. The Kier molecular flexibility index (Phi) is 8.38. The summed E-state index contributed by atoms with van der Waals surface area (Å²) in [5.41, 5.74) is 1.39. The minimum atomic E-state index is -3.45. The quantitative estimate of drug-likeness (QED) is 0.673. The second-order valence-electron chi connectivity index (χ2n) is 7.12. The Morgan fingerprint density at radius 1 is 1.26 bits per heavy atom. The normalized spacial score (nSPS) is 15.5. The number of carbonyl (C=O) groups is 1. The first-order valence-corrected chi connectivity index (χ1v) is 11.7. The van der Waals surface area contributed by atoms with Crippen LogP contribution in [0, 0.1) is 6.92 Å². The van der Waals surface area contributed by atoms with E-state index in [-0.39, 0.29) is 12.5 Å². The number of piperidine rings is 1. The van der Waals surface area contributed by atoms with Crippen LogP contribution in [-0.2, 0) is 14.8 Å². The molecule has 0 radical (unpaired) electrons. The number of amides is 1. The predicted molar refractivity (Wildman–Crippen MR) is 111 cm³/mol. The molecule has 1 heterocycles. The van der Waals surface area contributed by atoms with Crippen LogP contribution < -0.4 is 9.62 Å². The summed E-state index contributed by atoms with van der Waals surface area (Å²) in [7, 11) is -3.45. The van der Waals surface area contributed by atoms with Crippen LogP contribution in [0.3, 0.4) is 0 Å². The molecule has 8 heteroatoms. The van der Waals surface area contributed by atoms with Crippen LogP contribution in [0.4, 0.5) is 5.69 Å². The van der Waals surface area contributed by atoms with E-state index in [9.17, 15) is 13.2 Å². The van der Waals surface area contributed by atoms with Crippen LogP contribution in [0.5, 0.6) is 0 Å². The third-order valence-electron chi connectivity index (χ3n) is 4.80. The summed E-state index contributed by atoms with van der Waals surface area (Å²) >= 11 is 6.03. The van der Waals surface area contributed by atoms with E-state index in [0.29, 0.717) is 30.1 Å². The van der Waals surface area contributed by atoms with E-state index in [1.54, 1.807) is 18.2 Å². The molecular formula is C19H30ClN3O3S. The molecule has 27 heavy (non-hydrogen) atoms. The van der Waals surface area contributed by atoms with Crippen molar-refractivity contribution in [2.24, 2.45) is 0 Å². The van der Waals surface area contributed by atoms with E-state index >= 15 is 0 Å². The van der Waals surface area contributed by atoms with Gasteiger partial charge in [-0.1, -0.05) is 24.1 Å². The number of rotatable bonds is 9. The van der Waals surface area contributed by atoms with Crippen molar-refractivity contribution in [2.45, 2.75) is 39.0 Å². The van der Waals surface area contributed by atoms with Gasteiger partial charge in [-0.25, -0.2) is 8.42 Å². The molecule has 1 N–H and O–H groups in total. The molecule has 6 nitrogen and oxygen atoms in total. The monoisotopic (exact) mass is 415 g/mol. The zero-order valence-electron chi connectivity index (χ0n) is 16.2. The number of anilines is 1. The SMILES string of the molecule is Cc1ccc(Cl)cc1N(CCCC(=O)NCCN1CCCCC1)S(C)(=O)=O. The Morgan fingerprint density at radius 2 is 1.96 bits per heavy atom. The van der Waals surface area contributed by atoms with Crippen LogP contribution in [-0.4, -0.2) is 58.2 Å². The highest BCUT2D eigenvalue weighted by Crippen LogP contribution is 2.26. The average Bonchev–Trinajstić information content (AvgIpc) is 2.61. The molecule has 0 bridgehead atoms. The second-order valence-corrected chi connectivity index (χ2v) is 9.46. The third kappa shape index (κ3) is 7.31. The Labute approximate surface area is 167 Å². The van der Waals surface area contributed by atoms with Crippen LogP contribution in [0.1, 0.15) is 37.7 Å². The lowest BCUT2D eigenvalue weighted by Gasteiger charge is -2.26. The van der Waals surface area contributed by atoms with Crippen molar-refractivity contribution in [1.29, 1.82) is 0 Å². The van der Waals surface area contributed by atoms with Gasteiger partial charge in [0.05, 0.1) is 11.9 Å². The van der Waals surface area contributed by atoms with Gasteiger partial charge in [-0.15, -0.1) is 0 Å². The number of benzene rings is 1. The molecular weight excluding hydrogens is 386 g/mol. The maximum Gasteiger partial charge on any atom is 0.232 e. The molecule has 1 aliphatic rings. The number of aryl methyl sites for hydroxylation is 1. The van der Waals surface area contributed by atoms with Gasteiger partial charge >= 0.3 is 0 Å². The van der Waals surface area contributed by atoms with Crippen LogP contribution in [0.15, 0.2) is 18.2 Å². The van der Waals surface area contributed by atoms with Crippen LogP contribution in [0.25, 0.3) is 0 Å². The standard InChI is InChI=1S/C19H30ClN3O3S/c1-16-8-9-17(20)15-18(16)23(27(2,25)26)13-6-7-19(24)21-10-14-22-11-4-3-5-12-22/h8-9,15H,3-7,10-14H2,1-2H3,(H,21,24). The molecule has 0 aromatic heterocycles. The molecule has 1 fully saturated rings. The number of carbonyl (C=O) groups excluding carboxylic acids is 1. The van der Waals surface area contributed by atoms with Gasteiger partial charge in [0.2, 0.25) is 15.9 Å². The van der Waals surface area contributed by atoms with E-state index in [0.717, 1.165) is 25.2 Å². The summed E-state index contributed by atoms with van der Waals surface area (Å²) in [4.78, 5) is 14.4. The predicted octanol–water partition coefficient (Wildman–Crippen LogP) is 2.80. The van der Waals surface area contributed by atoms with Crippen molar-refractivity contribution in [3.8, 4) is 0 Å². The van der Waals surface area contributed by atoms with Crippen molar-refractivity contribution in [2.75, 3.05) is 43.3 Å². The van der Waals surface area contributed by atoms with Gasteiger partial charge in [-0.3, -0.25) is 9.10 Å². The largest absolute Gasteiger partial charge is 0.355 e. The molecule has 1 amide bonds. The molecule has 0 spiro atoms. The fourth-order valence-electron chi connectivity index (χ4n) is 3.32. The van der Waals surface area contributed by atoms with Gasteiger partial charge in [0.15, 0.2) is 0 Å². The van der Waals surface area contributed by atoms with Gasteiger partial charge in [0, 0.05) is 31.1 Å².